The molecule has 3 unspecified atom stereocenters. The second kappa shape index (κ2) is 13.8. The van der Waals surface area contributed by atoms with Crippen molar-refractivity contribution in [2.45, 2.75) is 57.9 Å². The highest BCUT2D eigenvalue weighted by Gasteiger charge is 2.40. The number of halogens is 1. The Labute approximate surface area is 251 Å². The number of ether oxygens (including phenoxy) is 1. The molecule has 0 spiro atoms. The summed E-state index contributed by atoms with van der Waals surface area (Å²) in [5, 5.41) is 6.47. The van der Waals surface area contributed by atoms with Gasteiger partial charge in [0.1, 0.15) is 11.9 Å². The number of aliphatic imine (C=N–C) groups is 1. The molecule has 4 N–H and O–H groups in total. The first-order valence-electron chi connectivity index (χ1n) is 14.4. The Morgan fingerprint density at radius 1 is 1.00 bits per heavy atom. The highest BCUT2D eigenvalue weighted by atomic mass is 35.5. The normalized spacial score (nSPS) is 19.3. The number of benzene rings is 3. The zero-order chi connectivity index (χ0) is 29.5. The first-order valence-corrected chi connectivity index (χ1v) is 14.8. The SMILES string of the molecule is CCNC(=O)CC1N=C(c2ccc(Cl)cc2)c2cc(OCCCCC(=O)Nc3ccccc3)ccc2N2C(C)NNC12. The Balaban J connectivity index is 1.34. The van der Waals surface area contributed by atoms with Crippen LogP contribution in [0.3, 0.4) is 0 Å². The number of nitrogens with one attached hydrogen (secondary N) is 4. The first kappa shape index (κ1) is 29.6. The average molecular weight is 589 g/mol. The topological polar surface area (TPSA) is 107 Å². The molecule has 1 saturated heterocycles. The zero-order valence-electron chi connectivity index (χ0n) is 23.9. The van der Waals surface area contributed by atoms with Gasteiger partial charge in [-0.15, -0.1) is 0 Å². The van der Waals surface area contributed by atoms with Crippen LogP contribution in [0.5, 0.6) is 5.75 Å². The van der Waals surface area contributed by atoms with E-state index in [2.05, 4.69) is 39.4 Å². The summed E-state index contributed by atoms with van der Waals surface area (Å²) in [6.07, 6.45) is 1.87. The molecule has 0 bridgehead atoms. The second-order valence-corrected chi connectivity index (χ2v) is 10.9. The summed E-state index contributed by atoms with van der Waals surface area (Å²) in [6, 6.07) is 22.7. The molecule has 2 aliphatic heterocycles. The number of unbranched alkanes of at least 4 members (excludes halogenated alkanes) is 1. The summed E-state index contributed by atoms with van der Waals surface area (Å²) in [5.74, 6) is 0.666. The van der Waals surface area contributed by atoms with Gasteiger partial charge in [0.15, 0.2) is 0 Å². The first-order chi connectivity index (χ1) is 20.4. The molecule has 220 valence electrons. The Morgan fingerprint density at radius 3 is 2.55 bits per heavy atom. The minimum atomic E-state index is -0.349. The number of hydrazine groups is 1. The fourth-order valence-electron chi connectivity index (χ4n) is 5.33. The maximum atomic E-state index is 12.7. The number of fused-ring (bicyclic) bond motifs is 3. The monoisotopic (exact) mass is 588 g/mol. The van der Waals surface area contributed by atoms with E-state index in [4.69, 9.17) is 21.3 Å². The largest absolute Gasteiger partial charge is 0.494 e. The van der Waals surface area contributed by atoms with E-state index in [1.807, 2.05) is 73.7 Å². The minimum Gasteiger partial charge on any atom is -0.494 e. The van der Waals surface area contributed by atoms with Gasteiger partial charge in [0.25, 0.3) is 0 Å². The predicted octanol–water partition coefficient (Wildman–Crippen LogP) is 4.86. The molecule has 0 aromatic heterocycles. The van der Waals surface area contributed by atoms with Crippen LogP contribution in [0, 0.1) is 0 Å². The van der Waals surface area contributed by atoms with Gasteiger partial charge < -0.3 is 20.3 Å². The number of carbonyl (C=O) groups is 2. The van der Waals surface area contributed by atoms with Gasteiger partial charge in [-0.1, -0.05) is 41.9 Å². The minimum absolute atomic E-state index is 0.00581. The second-order valence-electron chi connectivity index (χ2n) is 10.4. The van der Waals surface area contributed by atoms with Gasteiger partial charge >= 0.3 is 0 Å². The fourth-order valence-corrected chi connectivity index (χ4v) is 5.45. The molecule has 3 atom stereocenters. The molecule has 0 aliphatic carbocycles. The van der Waals surface area contributed by atoms with Crippen molar-refractivity contribution in [3.05, 3.63) is 88.9 Å². The highest BCUT2D eigenvalue weighted by Crippen LogP contribution is 2.36. The summed E-state index contributed by atoms with van der Waals surface area (Å²) in [7, 11) is 0. The zero-order valence-corrected chi connectivity index (χ0v) is 24.7. The van der Waals surface area contributed by atoms with Crippen molar-refractivity contribution < 1.29 is 14.3 Å². The third-order valence-corrected chi connectivity index (χ3v) is 7.58. The molecule has 5 rings (SSSR count). The molecular formula is C32H37ClN6O3. The molecule has 2 amide bonds. The number of rotatable bonds is 11. The Hall–Kier alpha value is -3.92. The van der Waals surface area contributed by atoms with Crippen LogP contribution in [0.1, 0.15) is 50.7 Å². The number of para-hydroxylation sites is 1. The van der Waals surface area contributed by atoms with E-state index < -0.39 is 0 Å². The molecule has 2 heterocycles. The lowest BCUT2D eigenvalue weighted by Crippen LogP contribution is -2.47. The van der Waals surface area contributed by atoms with E-state index in [0.717, 1.165) is 40.4 Å². The Morgan fingerprint density at radius 2 is 1.79 bits per heavy atom. The third-order valence-electron chi connectivity index (χ3n) is 7.33. The summed E-state index contributed by atoms with van der Waals surface area (Å²) >= 11 is 6.22. The van der Waals surface area contributed by atoms with E-state index in [-0.39, 0.29) is 36.6 Å². The lowest BCUT2D eigenvalue weighted by molar-refractivity contribution is -0.121. The highest BCUT2D eigenvalue weighted by molar-refractivity contribution is 6.30. The molecule has 0 saturated carbocycles. The van der Waals surface area contributed by atoms with Crippen molar-refractivity contribution in [1.82, 2.24) is 16.2 Å². The van der Waals surface area contributed by atoms with Crippen molar-refractivity contribution in [1.29, 1.82) is 0 Å². The summed E-state index contributed by atoms with van der Waals surface area (Å²) in [4.78, 5) is 32.4. The number of hydrogen-bond donors (Lipinski definition) is 4. The lowest BCUT2D eigenvalue weighted by Gasteiger charge is -2.31. The molecule has 9 nitrogen and oxygen atoms in total. The maximum absolute atomic E-state index is 12.7. The smallest absolute Gasteiger partial charge is 0.224 e. The van der Waals surface area contributed by atoms with Gasteiger partial charge in [0.05, 0.1) is 30.9 Å². The van der Waals surface area contributed by atoms with Crippen molar-refractivity contribution in [3.8, 4) is 5.75 Å². The number of carbonyl (C=O) groups excluding carboxylic acids is 2. The van der Waals surface area contributed by atoms with E-state index >= 15 is 0 Å². The van der Waals surface area contributed by atoms with E-state index in [0.29, 0.717) is 31.0 Å². The van der Waals surface area contributed by atoms with Crippen LogP contribution < -0.4 is 31.1 Å². The molecule has 2 aliphatic rings. The quantitative estimate of drug-likeness (QED) is 0.238. The van der Waals surface area contributed by atoms with Gasteiger partial charge in [-0.05, 0) is 69.2 Å². The van der Waals surface area contributed by atoms with Crippen LogP contribution in [-0.4, -0.2) is 49.1 Å². The van der Waals surface area contributed by atoms with Gasteiger partial charge in [-0.2, -0.15) is 0 Å². The van der Waals surface area contributed by atoms with Gasteiger partial charge in [-0.3, -0.25) is 14.6 Å². The molecule has 1 fully saturated rings. The van der Waals surface area contributed by atoms with Crippen molar-refractivity contribution >= 4 is 40.5 Å². The van der Waals surface area contributed by atoms with E-state index in [9.17, 15) is 9.59 Å². The van der Waals surface area contributed by atoms with Crippen molar-refractivity contribution in [2.75, 3.05) is 23.4 Å². The van der Waals surface area contributed by atoms with E-state index in [1.165, 1.54) is 0 Å². The van der Waals surface area contributed by atoms with Crippen molar-refractivity contribution in [3.63, 3.8) is 0 Å². The number of nitrogens with zero attached hydrogens (tertiary/aromatic N) is 2. The van der Waals surface area contributed by atoms with Crippen molar-refractivity contribution in [2.24, 2.45) is 4.99 Å². The third kappa shape index (κ3) is 7.10. The maximum Gasteiger partial charge on any atom is 0.224 e. The Kier molecular flexibility index (Phi) is 9.74. The lowest BCUT2D eigenvalue weighted by atomic mass is 9.99. The van der Waals surface area contributed by atoms with Gasteiger partial charge in [0, 0.05) is 40.5 Å². The van der Waals surface area contributed by atoms with Crippen LogP contribution in [-0.2, 0) is 9.59 Å². The van der Waals surface area contributed by atoms with Gasteiger partial charge in [0.2, 0.25) is 11.8 Å². The standard InChI is InChI=1S/C32H37ClN6O3/c1-3-34-30(41)20-27-32-38-37-21(2)39(32)28-17-16-25(19-26(28)31(36-27)22-12-14-23(33)15-13-22)42-18-8-7-11-29(40)35-24-9-5-4-6-10-24/h4-6,9-10,12-17,19,21,27,32,37-38H,3,7-8,11,18,20H2,1-2H3,(H,34,41)(H,35,40). The fraction of sp³-hybridized carbons (Fsp3) is 0.344. The van der Waals surface area contributed by atoms with Crippen LogP contribution >= 0.6 is 11.6 Å². The summed E-state index contributed by atoms with van der Waals surface area (Å²) < 4.78 is 6.16. The summed E-state index contributed by atoms with van der Waals surface area (Å²) in [5.41, 5.74) is 11.1. The van der Waals surface area contributed by atoms with Crippen LogP contribution in [0.4, 0.5) is 11.4 Å². The number of anilines is 2. The molecule has 42 heavy (non-hydrogen) atoms. The van der Waals surface area contributed by atoms with Crippen LogP contribution in [0.15, 0.2) is 77.8 Å². The Bertz CT molecular complexity index is 1420. The van der Waals surface area contributed by atoms with Gasteiger partial charge in [-0.25, -0.2) is 10.9 Å². The molecule has 10 heteroatoms. The molecule has 3 aromatic rings. The van der Waals surface area contributed by atoms with E-state index in [1.54, 1.807) is 0 Å². The molecule has 3 aromatic carbocycles. The summed E-state index contributed by atoms with van der Waals surface area (Å²) in [6.45, 7) is 5.03. The average Bonchev–Trinajstić information content (AvgIpc) is 3.31. The van der Waals surface area contributed by atoms with Crippen LogP contribution in [0.2, 0.25) is 5.02 Å². The molecular weight excluding hydrogens is 552 g/mol. The number of hydrogen-bond acceptors (Lipinski definition) is 7. The molecule has 0 radical (unpaired) electrons. The predicted molar refractivity (Wildman–Crippen MR) is 167 cm³/mol. The number of amides is 2. The van der Waals surface area contributed by atoms with Crippen LogP contribution in [0.25, 0.3) is 0 Å².